The molecule has 0 radical (unpaired) electrons. The van der Waals surface area contributed by atoms with Crippen molar-refractivity contribution in [3.05, 3.63) is 0 Å². The van der Waals surface area contributed by atoms with Crippen molar-refractivity contribution in [1.29, 1.82) is 0 Å². The quantitative estimate of drug-likeness (QED) is 0.695. The molecule has 0 heterocycles. The van der Waals surface area contributed by atoms with Gasteiger partial charge in [0.2, 0.25) is 0 Å². The minimum Gasteiger partial charge on any atom is -0.394 e. The summed E-state index contributed by atoms with van der Waals surface area (Å²) in [6.07, 6.45) is 8.06. The van der Waals surface area contributed by atoms with E-state index >= 15 is 0 Å². The van der Waals surface area contributed by atoms with Gasteiger partial charge in [-0.3, -0.25) is 4.90 Å². The number of aliphatic hydroxyl groups is 1. The van der Waals surface area contributed by atoms with E-state index in [2.05, 4.69) is 24.1 Å². The van der Waals surface area contributed by atoms with Crippen LogP contribution in [-0.2, 0) is 0 Å². The van der Waals surface area contributed by atoms with Crippen LogP contribution < -0.4 is 5.32 Å². The van der Waals surface area contributed by atoms with Gasteiger partial charge < -0.3 is 10.4 Å². The monoisotopic (exact) mass is 254 g/mol. The molecule has 3 nitrogen and oxygen atoms in total. The van der Waals surface area contributed by atoms with Gasteiger partial charge in [0.05, 0.1) is 12.1 Å². The van der Waals surface area contributed by atoms with E-state index in [1.165, 1.54) is 38.5 Å². The van der Waals surface area contributed by atoms with Crippen LogP contribution in [0.4, 0.5) is 0 Å². The Morgan fingerprint density at radius 1 is 1.17 bits per heavy atom. The van der Waals surface area contributed by atoms with E-state index in [0.29, 0.717) is 5.92 Å². The Kier molecular flexibility index (Phi) is 5.05. The molecular weight excluding hydrogens is 224 g/mol. The smallest absolute Gasteiger partial charge is 0.0628 e. The molecule has 2 aliphatic rings. The van der Waals surface area contributed by atoms with Crippen molar-refractivity contribution in [3.63, 3.8) is 0 Å². The second-order valence-electron chi connectivity index (χ2n) is 6.12. The van der Waals surface area contributed by atoms with Crippen molar-refractivity contribution >= 4 is 0 Å². The van der Waals surface area contributed by atoms with E-state index < -0.39 is 0 Å². The maximum Gasteiger partial charge on any atom is 0.0628 e. The Hall–Kier alpha value is -0.120. The normalized spacial score (nSPS) is 24.7. The van der Waals surface area contributed by atoms with Crippen molar-refractivity contribution in [3.8, 4) is 0 Å². The number of hydrogen-bond acceptors (Lipinski definition) is 3. The summed E-state index contributed by atoms with van der Waals surface area (Å²) >= 11 is 0. The predicted molar refractivity (Wildman–Crippen MR) is 75.7 cm³/mol. The van der Waals surface area contributed by atoms with Crippen LogP contribution in [0.5, 0.6) is 0 Å². The molecule has 1 unspecified atom stereocenters. The second-order valence-corrected chi connectivity index (χ2v) is 6.12. The first-order chi connectivity index (χ1) is 8.75. The van der Waals surface area contributed by atoms with Crippen LogP contribution in [0.1, 0.15) is 52.4 Å². The van der Waals surface area contributed by atoms with E-state index in [0.717, 1.165) is 25.7 Å². The van der Waals surface area contributed by atoms with Gasteiger partial charge in [-0.2, -0.15) is 0 Å². The molecule has 0 spiro atoms. The van der Waals surface area contributed by atoms with Crippen molar-refractivity contribution in [2.24, 2.45) is 5.92 Å². The topological polar surface area (TPSA) is 35.5 Å². The molecule has 18 heavy (non-hydrogen) atoms. The highest BCUT2D eigenvalue weighted by Crippen LogP contribution is 2.40. The van der Waals surface area contributed by atoms with Gasteiger partial charge in [-0.1, -0.05) is 26.7 Å². The van der Waals surface area contributed by atoms with Crippen LogP contribution >= 0.6 is 0 Å². The van der Waals surface area contributed by atoms with Gasteiger partial charge in [-0.15, -0.1) is 0 Å². The molecule has 2 saturated carbocycles. The summed E-state index contributed by atoms with van der Waals surface area (Å²) < 4.78 is 0. The highest BCUT2D eigenvalue weighted by atomic mass is 16.3. The highest BCUT2D eigenvalue weighted by Gasteiger charge is 2.45. The van der Waals surface area contributed by atoms with Crippen LogP contribution in [0.25, 0.3) is 0 Å². The summed E-state index contributed by atoms with van der Waals surface area (Å²) in [4.78, 5) is 2.62. The fourth-order valence-electron chi connectivity index (χ4n) is 3.68. The van der Waals surface area contributed by atoms with Crippen LogP contribution in [0.3, 0.4) is 0 Å². The molecule has 2 rings (SSSR count). The zero-order valence-corrected chi connectivity index (χ0v) is 12.1. The van der Waals surface area contributed by atoms with E-state index in [4.69, 9.17) is 0 Å². The first-order valence-corrected chi connectivity index (χ1v) is 7.85. The molecule has 106 valence electrons. The largest absolute Gasteiger partial charge is 0.394 e. The fourth-order valence-corrected chi connectivity index (χ4v) is 3.68. The number of aliphatic hydroxyl groups excluding tert-OH is 1. The molecule has 0 saturated heterocycles. The van der Waals surface area contributed by atoms with Crippen LogP contribution in [0, 0.1) is 5.92 Å². The molecule has 0 aromatic heterocycles. The Morgan fingerprint density at radius 3 is 2.28 bits per heavy atom. The average molecular weight is 254 g/mol. The molecule has 0 amide bonds. The lowest BCUT2D eigenvalue weighted by Gasteiger charge is -2.40. The molecule has 0 aromatic carbocycles. The summed E-state index contributed by atoms with van der Waals surface area (Å²) in [6, 6.07) is 0.762. The lowest BCUT2D eigenvalue weighted by atomic mass is 9.92. The zero-order chi connectivity index (χ0) is 13.0. The third-order valence-electron chi connectivity index (χ3n) is 4.90. The molecule has 0 aromatic rings. The third kappa shape index (κ3) is 3.06. The Labute approximate surface area is 112 Å². The fraction of sp³-hybridized carbons (Fsp3) is 1.00. The lowest BCUT2D eigenvalue weighted by molar-refractivity contribution is 0.0746. The second kappa shape index (κ2) is 6.36. The molecule has 2 fully saturated rings. The van der Waals surface area contributed by atoms with Crippen LogP contribution in [0.2, 0.25) is 0 Å². The number of nitrogens with zero attached hydrogens (tertiary/aromatic N) is 1. The molecular formula is C15H30N2O. The Balaban J connectivity index is 2.00. The Bertz CT molecular complexity index is 249. The predicted octanol–water partition coefficient (Wildman–Crippen LogP) is 2.00. The number of likely N-dealkylation sites (N-methyl/N-ethyl adjacent to an activating group) is 2. The number of hydrogen-bond donors (Lipinski definition) is 2. The maximum atomic E-state index is 9.92. The number of nitrogens with one attached hydrogen (secondary N) is 1. The van der Waals surface area contributed by atoms with Crippen molar-refractivity contribution in [2.45, 2.75) is 64.0 Å². The molecule has 1 atom stereocenters. The van der Waals surface area contributed by atoms with Gasteiger partial charge in [0.25, 0.3) is 0 Å². The summed E-state index contributed by atoms with van der Waals surface area (Å²) in [5, 5.41) is 13.5. The third-order valence-corrected chi connectivity index (χ3v) is 4.90. The van der Waals surface area contributed by atoms with Crippen LogP contribution in [0.15, 0.2) is 0 Å². The van der Waals surface area contributed by atoms with E-state index in [9.17, 15) is 5.11 Å². The standard InChI is InChI=1S/C15H30N2O/c1-3-16-15(12-18,13-9-10-13)11-17(4-2)14-7-5-6-8-14/h13-14,16,18H,3-12H2,1-2H3. The summed E-state index contributed by atoms with van der Waals surface area (Å²) in [7, 11) is 0. The van der Waals surface area contributed by atoms with Gasteiger partial charge in [-0.25, -0.2) is 0 Å². The lowest BCUT2D eigenvalue weighted by Crippen LogP contribution is -2.59. The average Bonchev–Trinajstić information content (AvgIpc) is 3.11. The summed E-state index contributed by atoms with van der Waals surface area (Å²) in [5.74, 6) is 0.693. The van der Waals surface area contributed by atoms with Gasteiger partial charge in [0.1, 0.15) is 0 Å². The van der Waals surface area contributed by atoms with Crippen LogP contribution in [-0.4, -0.2) is 47.8 Å². The molecule has 0 bridgehead atoms. The van der Waals surface area contributed by atoms with Gasteiger partial charge in [0, 0.05) is 12.6 Å². The Morgan fingerprint density at radius 2 is 1.83 bits per heavy atom. The van der Waals surface area contributed by atoms with Gasteiger partial charge >= 0.3 is 0 Å². The number of rotatable bonds is 8. The molecule has 0 aliphatic heterocycles. The SMILES string of the molecule is CCNC(CO)(CN(CC)C1CCCC1)C1CC1. The molecule has 2 aliphatic carbocycles. The van der Waals surface area contributed by atoms with Crippen molar-refractivity contribution in [1.82, 2.24) is 10.2 Å². The molecule has 2 N–H and O–H groups in total. The minimum absolute atomic E-state index is 0.0344. The van der Waals surface area contributed by atoms with Gasteiger partial charge in [-0.05, 0) is 44.7 Å². The summed E-state index contributed by atoms with van der Waals surface area (Å²) in [6.45, 7) is 7.81. The molecule has 3 heteroatoms. The van der Waals surface area contributed by atoms with E-state index in [1.54, 1.807) is 0 Å². The van der Waals surface area contributed by atoms with Gasteiger partial charge in [0.15, 0.2) is 0 Å². The van der Waals surface area contributed by atoms with E-state index in [-0.39, 0.29) is 12.1 Å². The van der Waals surface area contributed by atoms with Crippen molar-refractivity contribution in [2.75, 3.05) is 26.2 Å². The first kappa shape index (κ1) is 14.3. The first-order valence-electron chi connectivity index (χ1n) is 7.85. The zero-order valence-electron chi connectivity index (χ0n) is 12.1. The van der Waals surface area contributed by atoms with E-state index in [1.807, 2.05) is 0 Å². The minimum atomic E-state index is -0.0344. The van der Waals surface area contributed by atoms with Crippen molar-refractivity contribution < 1.29 is 5.11 Å². The maximum absolute atomic E-state index is 9.92. The highest BCUT2D eigenvalue weighted by molar-refractivity contribution is 5.03. The summed E-state index contributed by atoms with van der Waals surface area (Å²) in [5.41, 5.74) is -0.0344.